The van der Waals surface area contributed by atoms with Crippen molar-refractivity contribution in [2.24, 2.45) is 0 Å². The summed E-state index contributed by atoms with van der Waals surface area (Å²) in [6, 6.07) is 12.1. The quantitative estimate of drug-likeness (QED) is 0.868. The molecule has 2 aromatic rings. The van der Waals surface area contributed by atoms with Crippen LogP contribution in [0, 0.1) is 13.8 Å². The highest BCUT2D eigenvalue weighted by molar-refractivity contribution is 5.91. The Hall–Kier alpha value is -2.09. The van der Waals surface area contributed by atoms with Gasteiger partial charge in [-0.05, 0) is 53.6 Å². The molecule has 104 valence electrons. The first kappa shape index (κ1) is 14.3. The second-order valence-corrected chi connectivity index (χ2v) is 5.56. The van der Waals surface area contributed by atoms with E-state index < -0.39 is 5.97 Å². The highest BCUT2D eigenvalue weighted by Crippen LogP contribution is 2.28. The van der Waals surface area contributed by atoms with E-state index in [9.17, 15) is 9.90 Å². The van der Waals surface area contributed by atoms with Crippen LogP contribution in [0.1, 0.15) is 46.8 Å². The van der Waals surface area contributed by atoms with Crippen LogP contribution in [0.5, 0.6) is 0 Å². The minimum atomic E-state index is -0.873. The molecule has 0 spiro atoms. The Labute approximate surface area is 120 Å². The second kappa shape index (κ2) is 5.49. The summed E-state index contributed by atoms with van der Waals surface area (Å²) >= 11 is 0. The van der Waals surface area contributed by atoms with Gasteiger partial charge in [0.2, 0.25) is 0 Å². The largest absolute Gasteiger partial charge is 0.478 e. The molecule has 0 aliphatic carbocycles. The van der Waals surface area contributed by atoms with E-state index in [0.29, 0.717) is 11.5 Å². The van der Waals surface area contributed by atoms with E-state index in [0.717, 1.165) is 22.3 Å². The van der Waals surface area contributed by atoms with Gasteiger partial charge in [-0.2, -0.15) is 0 Å². The van der Waals surface area contributed by atoms with Crippen LogP contribution in [0.2, 0.25) is 0 Å². The monoisotopic (exact) mass is 268 g/mol. The van der Waals surface area contributed by atoms with Crippen LogP contribution in [-0.4, -0.2) is 11.1 Å². The topological polar surface area (TPSA) is 37.3 Å². The van der Waals surface area contributed by atoms with E-state index in [2.05, 4.69) is 38.1 Å². The standard InChI is InChI=1S/C18H20O2/c1-11(2)14-5-7-15(8-6-14)16-10-17(18(19)20)13(4)9-12(16)3/h5-11H,1-4H3,(H,19,20). The summed E-state index contributed by atoms with van der Waals surface area (Å²) in [5.41, 5.74) is 5.62. The smallest absolute Gasteiger partial charge is 0.335 e. The molecule has 0 saturated carbocycles. The van der Waals surface area contributed by atoms with Crippen molar-refractivity contribution in [3.8, 4) is 11.1 Å². The Morgan fingerprint density at radius 3 is 2.10 bits per heavy atom. The molecule has 0 saturated heterocycles. The molecule has 0 atom stereocenters. The van der Waals surface area contributed by atoms with Crippen LogP contribution in [0.15, 0.2) is 36.4 Å². The van der Waals surface area contributed by atoms with E-state index in [1.807, 2.05) is 19.9 Å². The Bertz CT molecular complexity index is 637. The zero-order valence-corrected chi connectivity index (χ0v) is 12.4. The van der Waals surface area contributed by atoms with Crippen molar-refractivity contribution < 1.29 is 9.90 Å². The number of hydrogen-bond donors (Lipinski definition) is 1. The van der Waals surface area contributed by atoms with Crippen molar-refractivity contribution >= 4 is 5.97 Å². The fourth-order valence-corrected chi connectivity index (χ4v) is 2.44. The van der Waals surface area contributed by atoms with Crippen LogP contribution in [-0.2, 0) is 0 Å². The zero-order valence-electron chi connectivity index (χ0n) is 12.4. The van der Waals surface area contributed by atoms with Gasteiger partial charge < -0.3 is 5.11 Å². The average molecular weight is 268 g/mol. The van der Waals surface area contributed by atoms with Crippen LogP contribution < -0.4 is 0 Å². The third kappa shape index (κ3) is 2.74. The van der Waals surface area contributed by atoms with Crippen molar-refractivity contribution in [1.82, 2.24) is 0 Å². The summed E-state index contributed by atoms with van der Waals surface area (Å²) in [5.74, 6) is -0.375. The fraction of sp³-hybridized carbons (Fsp3) is 0.278. The van der Waals surface area contributed by atoms with Crippen LogP contribution in [0.3, 0.4) is 0 Å². The molecule has 0 aromatic heterocycles. The van der Waals surface area contributed by atoms with Crippen LogP contribution >= 0.6 is 0 Å². The van der Waals surface area contributed by atoms with Crippen LogP contribution in [0.4, 0.5) is 0 Å². The van der Waals surface area contributed by atoms with Gasteiger partial charge in [0.1, 0.15) is 0 Å². The molecular formula is C18H20O2. The molecule has 0 aliphatic heterocycles. The van der Waals surface area contributed by atoms with Gasteiger partial charge in [0.25, 0.3) is 0 Å². The molecule has 0 heterocycles. The molecule has 1 N–H and O–H groups in total. The van der Waals surface area contributed by atoms with E-state index in [1.54, 1.807) is 6.07 Å². The van der Waals surface area contributed by atoms with Crippen LogP contribution in [0.25, 0.3) is 11.1 Å². The first-order valence-corrected chi connectivity index (χ1v) is 6.85. The lowest BCUT2D eigenvalue weighted by Crippen LogP contribution is -2.01. The maximum absolute atomic E-state index is 11.3. The molecular weight excluding hydrogens is 248 g/mol. The number of benzene rings is 2. The van der Waals surface area contributed by atoms with Gasteiger partial charge in [0.15, 0.2) is 0 Å². The maximum Gasteiger partial charge on any atom is 0.335 e. The number of aromatic carboxylic acids is 1. The molecule has 2 aromatic carbocycles. The Balaban J connectivity index is 2.51. The lowest BCUT2D eigenvalue weighted by Gasteiger charge is -2.12. The molecule has 2 nitrogen and oxygen atoms in total. The summed E-state index contributed by atoms with van der Waals surface area (Å²) in [7, 11) is 0. The second-order valence-electron chi connectivity index (χ2n) is 5.56. The summed E-state index contributed by atoms with van der Waals surface area (Å²) in [5, 5.41) is 9.24. The minimum Gasteiger partial charge on any atom is -0.478 e. The van der Waals surface area contributed by atoms with Crippen molar-refractivity contribution in [1.29, 1.82) is 0 Å². The third-order valence-corrected chi connectivity index (χ3v) is 3.69. The molecule has 0 fully saturated rings. The molecule has 2 rings (SSSR count). The van der Waals surface area contributed by atoms with Gasteiger partial charge in [-0.15, -0.1) is 0 Å². The first-order chi connectivity index (χ1) is 9.40. The Kier molecular flexibility index (Phi) is 3.93. The van der Waals surface area contributed by atoms with Gasteiger partial charge in [-0.1, -0.05) is 44.2 Å². The molecule has 0 bridgehead atoms. The number of carbonyl (C=O) groups is 1. The number of carboxylic acids is 1. The highest BCUT2D eigenvalue weighted by Gasteiger charge is 2.12. The summed E-state index contributed by atoms with van der Waals surface area (Å²) in [6.45, 7) is 8.18. The summed E-state index contributed by atoms with van der Waals surface area (Å²) < 4.78 is 0. The van der Waals surface area contributed by atoms with Gasteiger partial charge in [-0.3, -0.25) is 0 Å². The van der Waals surface area contributed by atoms with Crippen molar-refractivity contribution in [3.63, 3.8) is 0 Å². The molecule has 0 amide bonds. The molecule has 2 heteroatoms. The van der Waals surface area contributed by atoms with Crippen molar-refractivity contribution in [2.45, 2.75) is 33.6 Å². The number of hydrogen-bond acceptors (Lipinski definition) is 1. The number of carboxylic acid groups (broad SMARTS) is 1. The third-order valence-electron chi connectivity index (χ3n) is 3.69. The molecule has 0 radical (unpaired) electrons. The highest BCUT2D eigenvalue weighted by atomic mass is 16.4. The summed E-state index contributed by atoms with van der Waals surface area (Å²) in [4.78, 5) is 11.3. The first-order valence-electron chi connectivity index (χ1n) is 6.85. The van der Waals surface area contributed by atoms with Gasteiger partial charge in [-0.25, -0.2) is 4.79 Å². The van der Waals surface area contributed by atoms with Gasteiger partial charge in [0.05, 0.1) is 5.56 Å². The van der Waals surface area contributed by atoms with E-state index in [1.165, 1.54) is 5.56 Å². The van der Waals surface area contributed by atoms with Crippen molar-refractivity contribution in [3.05, 3.63) is 58.7 Å². The van der Waals surface area contributed by atoms with E-state index >= 15 is 0 Å². The van der Waals surface area contributed by atoms with E-state index in [-0.39, 0.29) is 0 Å². The van der Waals surface area contributed by atoms with E-state index in [4.69, 9.17) is 0 Å². The Morgan fingerprint density at radius 2 is 1.60 bits per heavy atom. The van der Waals surface area contributed by atoms with Gasteiger partial charge >= 0.3 is 5.97 Å². The number of aryl methyl sites for hydroxylation is 2. The predicted octanol–water partition coefficient (Wildman–Crippen LogP) is 4.79. The molecule has 20 heavy (non-hydrogen) atoms. The SMILES string of the molecule is Cc1cc(C)c(-c2ccc(C(C)C)cc2)cc1C(=O)O. The lowest BCUT2D eigenvalue weighted by molar-refractivity contribution is 0.0696. The van der Waals surface area contributed by atoms with Gasteiger partial charge in [0, 0.05) is 0 Å². The average Bonchev–Trinajstić information content (AvgIpc) is 2.38. The molecule has 0 unspecified atom stereocenters. The van der Waals surface area contributed by atoms with Crippen molar-refractivity contribution in [2.75, 3.05) is 0 Å². The number of rotatable bonds is 3. The Morgan fingerprint density at radius 1 is 1.00 bits per heavy atom. The normalized spacial score (nSPS) is 10.8. The predicted molar refractivity (Wildman–Crippen MR) is 82.4 cm³/mol. The molecule has 0 aliphatic rings. The lowest BCUT2D eigenvalue weighted by atomic mass is 9.93. The minimum absolute atomic E-state index is 0.374. The summed E-state index contributed by atoms with van der Waals surface area (Å²) in [6.07, 6.45) is 0. The fourth-order valence-electron chi connectivity index (χ4n) is 2.44. The maximum atomic E-state index is 11.3. The zero-order chi connectivity index (χ0) is 14.9.